The van der Waals surface area contributed by atoms with Crippen LogP contribution in [-0.2, 0) is 0 Å². The molecule has 144 valence electrons. The maximum atomic E-state index is 12.4. The Morgan fingerprint density at radius 3 is 2.59 bits per heavy atom. The Kier molecular flexibility index (Phi) is 5.15. The van der Waals surface area contributed by atoms with Gasteiger partial charge in [0, 0.05) is 11.9 Å². The summed E-state index contributed by atoms with van der Waals surface area (Å²) in [5, 5.41) is 9.63. The third-order valence-electron chi connectivity index (χ3n) is 4.13. The summed E-state index contributed by atoms with van der Waals surface area (Å²) in [7, 11) is 0. The van der Waals surface area contributed by atoms with E-state index in [2.05, 4.69) is 25.7 Å². The first-order chi connectivity index (χ1) is 14.2. The predicted molar refractivity (Wildman–Crippen MR) is 109 cm³/mol. The number of nitrogens with one attached hydrogen (secondary N) is 2. The third kappa shape index (κ3) is 4.38. The zero-order valence-electron chi connectivity index (χ0n) is 15.6. The molecule has 8 nitrogen and oxygen atoms in total. The van der Waals surface area contributed by atoms with Crippen molar-refractivity contribution in [1.29, 1.82) is 0 Å². The van der Waals surface area contributed by atoms with E-state index in [4.69, 9.17) is 4.74 Å². The fraction of sp³-hybridized carbons (Fsp3) is 0.0476. The summed E-state index contributed by atoms with van der Waals surface area (Å²) in [6, 6.07) is 17.9. The highest BCUT2D eigenvalue weighted by atomic mass is 16.5. The van der Waals surface area contributed by atoms with Crippen LogP contribution in [0.3, 0.4) is 0 Å². The van der Waals surface area contributed by atoms with Gasteiger partial charge in [-0.2, -0.15) is 5.10 Å². The van der Waals surface area contributed by atoms with Crippen molar-refractivity contribution in [3.63, 3.8) is 0 Å². The Labute approximate surface area is 167 Å². The SMILES string of the molecule is Cc1ccccc1Oc1ncccc1NC(=O)Nc1ccc(-n2cncn2)cc1. The van der Waals surface area contributed by atoms with Crippen molar-refractivity contribution in [2.24, 2.45) is 0 Å². The van der Waals surface area contributed by atoms with E-state index in [-0.39, 0.29) is 0 Å². The van der Waals surface area contributed by atoms with E-state index < -0.39 is 6.03 Å². The standard InChI is InChI=1S/C21H18N6O2/c1-15-5-2-3-7-19(15)29-20-18(6-4-12-23-20)26-21(28)25-16-8-10-17(11-9-16)27-14-22-13-24-27/h2-14H,1H3,(H2,25,26,28). The largest absolute Gasteiger partial charge is 0.437 e. The minimum absolute atomic E-state index is 0.318. The Bertz CT molecular complexity index is 1110. The molecular weight excluding hydrogens is 368 g/mol. The van der Waals surface area contributed by atoms with Gasteiger partial charge in [0.05, 0.1) is 5.69 Å². The van der Waals surface area contributed by atoms with Gasteiger partial charge in [0.2, 0.25) is 5.88 Å². The molecule has 4 rings (SSSR count). The number of carbonyl (C=O) groups is 1. The second-order valence-corrected chi connectivity index (χ2v) is 6.19. The topological polar surface area (TPSA) is 94.0 Å². The molecule has 8 heteroatoms. The number of nitrogens with zero attached hydrogens (tertiary/aromatic N) is 4. The monoisotopic (exact) mass is 386 g/mol. The number of hydrogen-bond acceptors (Lipinski definition) is 5. The summed E-state index contributed by atoms with van der Waals surface area (Å²) in [5.41, 5.74) is 2.92. The maximum Gasteiger partial charge on any atom is 0.323 e. The zero-order chi connectivity index (χ0) is 20.1. The normalized spacial score (nSPS) is 10.4. The van der Waals surface area contributed by atoms with E-state index in [1.807, 2.05) is 43.3 Å². The maximum absolute atomic E-state index is 12.4. The highest BCUT2D eigenvalue weighted by Gasteiger charge is 2.11. The quantitative estimate of drug-likeness (QED) is 0.530. The molecule has 0 aliphatic heterocycles. The number of aromatic nitrogens is 4. The number of pyridine rings is 1. The molecule has 2 aromatic heterocycles. The van der Waals surface area contributed by atoms with Gasteiger partial charge in [0.25, 0.3) is 0 Å². The van der Waals surface area contributed by atoms with Crippen molar-refractivity contribution in [3.05, 3.63) is 85.1 Å². The number of carbonyl (C=O) groups excluding carboxylic acids is 1. The average Bonchev–Trinajstić information content (AvgIpc) is 3.26. The molecule has 0 aliphatic carbocycles. The lowest BCUT2D eigenvalue weighted by Gasteiger charge is -2.13. The van der Waals surface area contributed by atoms with E-state index >= 15 is 0 Å². The number of anilines is 2. The molecule has 2 N–H and O–H groups in total. The molecular formula is C21H18N6O2. The van der Waals surface area contributed by atoms with Crippen molar-refractivity contribution in [2.75, 3.05) is 10.6 Å². The van der Waals surface area contributed by atoms with Crippen LogP contribution < -0.4 is 15.4 Å². The molecule has 0 bridgehead atoms. The molecule has 0 saturated carbocycles. The van der Waals surface area contributed by atoms with Gasteiger partial charge in [-0.3, -0.25) is 0 Å². The lowest BCUT2D eigenvalue weighted by Crippen LogP contribution is -2.20. The van der Waals surface area contributed by atoms with Gasteiger partial charge in [0.15, 0.2) is 0 Å². The van der Waals surface area contributed by atoms with Crippen molar-refractivity contribution < 1.29 is 9.53 Å². The summed E-state index contributed by atoms with van der Waals surface area (Å²) in [5.74, 6) is 0.997. The minimum atomic E-state index is -0.402. The van der Waals surface area contributed by atoms with E-state index in [0.29, 0.717) is 23.0 Å². The molecule has 0 spiro atoms. The zero-order valence-corrected chi connectivity index (χ0v) is 15.6. The van der Waals surface area contributed by atoms with E-state index in [1.54, 1.807) is 41.5 Å². The molecule has 2 amide bonds. The first kappa shape index (κ1) is 18.2. The van der Waals surface area contributed by atoms with Crippen molar-refractivity contribution in [3.8, 4) is 17.3 Å². The number of hydrogen-bond donors (Lipinski definition) is 2. The lowest BCUT2D eigenvalue weighted by molar-refractivity contribution is 0.262. The highest BCUT2D eigenvalue weighted by molar-refractivity contribution is 6.00. The number of ether oxygens (including phenoxy) is 1. The van der Waals surface area contributed by atoms with Crippen LogP contribution in [0, 0.1) is 6.92 Å². The minimum Gasteiger partial charge on any atom is -0.437 e. The van der Waals surface area contributed by atoms with Gasteiger partial charge in [0.1, 0.15) is 24.1 Å². The number of rotatable bonds is 5. The summed E-state index contributed by atoms with van der Waals surface area (Å²) in [6.45, 7) is 1.95. The molecule has 0 aliphatic rings. The van der Waals surface area contributed by atoms with Gasteiger partial charge in [-0.15, -0.1) is 0 Å². The lowest BCUT2D eigenvalue weighted by atomic mass is 10.2. The van der Waals surface area contributed by atoms with Crippen LogP contribution in [-0.4, -0.2) is 25.8 Å². The summed E-state index contributed by atoms with van der Waals surface area (Å²) in [6.07, 6.45) is 4.68. The molecule has 0 unspecified atom stereocenters. The van der Waals surface area contributed by atoms with Gasteiger partial charge in [-0.05, 0) is 55.0 Å². The van der Waals surface area contributed by atoms with E-state index in [0.717, 1.165) is 11.3 Å². The average molecular weight is 386 g/mol. The van der Waals surface area contributed by atoms with Crippen LogP contribution in [0.5, 0.6) is 11.6 Å². The third-order valence-corrected chi connectivity index (χ3v) is 4.13. The number of benzene rings is 2. The second kappa shape index (κ2) is 8.22. The Hall–Kier alpha value is -4.20. The summed E-state index contributed by atoms with van der Waals surface area (Å²) < 4.78 is 7.51. The number of amides is 2. The Morgan fingerprint density at radius 2 is 1.83 bits per heavy atom. The summed E-state index contributed by atoms with van der Waals surface area (Å²) in [4.78, 5) is 20.6. The fourth-order valence-corrected chi connectivity index (χ4v) is 2.67. The smallest absolute Gasteiger partial charge is 0.323 e. The molecule has 0 saturated heterocycles. The number of aryl methyl sites for hydroxylation is 1. The Morgan fingerprint density at radius 1 is 1.00 bits per heavy atom. The van der Waals surface area contributed by atoms with Crippen molar-refractivity contribution in [1.82, 2.24) is 19.7 Å². The first-order valence-corrected chi connectivity index (χ1v) is 8.90. The fourth-order valence-electron chi connectivity index (χ4n) is 2.67. The van der Waals surface area contributed by atoms with Crippen molar-refractivity contribution in [2.45, 2.75) is 6.92 Å². The van der Waals surface area contributed by atoms with Crippen molar-refractivity contribution >= 4 is 17.4 Å². The molecule has 0 fully saturated rings. The molecule has 2 aromatic carbocycles. The number of para-hydroxylation sites is 1. The van der Waals surface area contributed by atoms with Gasteiger partial charge >= 0.3 is 6.03 Å². The van der Waals surface area contributed by atoms with Gasteiger partial charge in [-0.25, -0.2) is 19.4 Å². The Balaban J connectivity index is 1.44. The molecule has 4 aromatic rings. The molecule has 29 heavy (non-hydrogen) atoms. The van der Waals surface area contributed by atoms with Gasteiger partial charge in [-0.1, -0.05) is 18.2 Å². The molecule has 0 atom stereocenters. The van der Waals surface area contributed by atoms with Crippen LogP contribution in [0.4, 0.5) is 16.2 Å². The summed E-state index contributed by atoms with van der Waals surface area (Å²) >= 11 is 0. The first-order valence-electron chi connectivity index (χ1n) is 8.90. The van der Waals surface area contributed by atoms with E-state index in [9.17, 15) is 4.79 Å². The second-order valence-electron chi connectivity index (χ2n) is 6.19. The van der Waals surface area contributed by atoms with Crippen LogP contribution in [0.15, 0.2) is 79.5 Å². The van der Waals surface area contributed by atoms with Gasteiger partial charge < -0.3 is 15.4 Å². The molecule has 0 radical (unpaired) electrons. The number of urea groups is 1. The van der Waals surface area contributed by atoms with Crippen LogP contribution in [0.1, 0.15) is 5.56 Å². The van der Waals surface area contributed by atoms with Crippen LogP contribution in [0.25, 0.3) is 5.69 Å². The van der Waals surface area contributed by atoms with Crippen LogP contribution in [0.2, 0.25) is 0 Å². The predicted octanol–water partition coefficient (Wildman–Crippen LogP) is 4.41. The van der Waals surface area contributed by atoms with Crippen LogP contribution >= 0.6 is 0 Å². The highest BCUT2D eigenvalue weighted by Crippen LogP contribution is 2.29. The van der Waals surface area contributed by atoms with E-state index in [1.165, 1.54) is 6.33 Å². The molecule has 2 heterocycles.